The Kier molecular flexibility index (Phi) is 4.87. The van der Waals surface area contributed by atoms with Gasteiger partial charge in [0.1, 0.15) is 0 Å². The molecule has 0 nitrogen and oxygen atoms in total. The van der Waals surface area contributed by atoms with Crippen LogP contribution in [0, 0.1) is 0 Å². The summed E-state index contributed by atoms with van der Waals surface area (Å²) in [5.41, 5.74) is 0. The van der Waals surface area contributed by atoms with Gasteiger partial charge in [0, 0.05) is 0 Å². The number of halogens is 2. The standard InChI is InChI=1S/C8H20Cl2Si2/c1-6-7-8(11(2,3)9)12(4,5)10/h8H,6-7H2,1-5H3. The van der Waals surface area contributed by atoms with E-state index in [0.717, 1.165) is 0 Å². The molecular weight excluding hydrogens is 223 g/mol. The summed E-state index contributed by atoms with van der Waals surface area (Å²) in [6.45, 7) is 11.1. The molecule has 0 heterocycles. The van der Waals surface area contributed by atoms with E-state index < -0.39 is 14.8 Å². The van der Waals surface area contributed by atoms with Crippen LogP contribution in [-0.2, 0) is 0 Å². The molecule has 0 aliphatic rings. The monoisotopic (exact) mass is 242 g/mol. The molecule has 0 aliphatic carbocycles. The Morgan fingerprint density at radius 1 is 1.00 bits per heavy atom. The van der Waals surface area contributed by atoms with Crippen LogP contribution in [0.2, 0.25) is 31.4 Å². The first-order chi connectivity index (χ1) is 5.19. The van der Waals surface area contributed by atoms with E-state index >= 15 is 0 Å². The average Bonchev–Trinajstić information content (AvgIpc) is 1.77. The first-order valence-electron chi connectivity index (χ1n) is 4.57. The van der Waals surface area contributed by atoms with Crippen molar-refractivity contribution in [2.24, 2.45) is 0 Å². The lowest BCUT2D eigenvalue weighted by atomic mass is 10.4. The molecule has 74 valence electrons. The molecule has 12 heavy (non-hydrogen) atoms. The SMILES string of the molecule is CCCC([Si](C)(C)Cl)[Si](C)(C)Cl. The quantitative estimate of drug-likeness (QED) is 0.500. The predicted octanol–water partition coefficient (Wildman–Crippen LogP) is 4.58. The van der Waals surface area contributed by atoms with Crippen molar-refractivity contribution in [2.75, 3.05) is 0 Å². The molecule has 0 aromatic carbocycles. The van der Waals surface area contributed by atoms with E-state index in [2.05, 4.69) is 33.1 Å². The van der Waals surface area contributed by atoms with Crippen LogP contribution in [-0.4, -0.2) is 14.8 Å². The minimum atomic E-state index is -1.54. The highest BCUT2D eigenvalue weighted by molar-refractivity contribution is 7.32. The highest BCUT2D eigenvalue weighted by atomic mass is 35.6. The van der Waals surface area contributed by atoms with Gasteiger partial charge in [0.15, 0.2) is 14.8 Å². The maximum atomic E-state index is 6.45. The summed E-state index contributed by atoms with van der Waals surface area (Å²) in [6, 6.07) is 0. The van der Waals surface area contributed by atoms with Gasteiger partial charge in [0.2, 0.25) is 0 Å². The van der Waals surface area contributed by atoms with Crippen LogP contribution < -0.4 is 0 Å². The topological polar surface area (TPSA) is 0 Å². The summed E-state index contributed by atoms with van der Waals surface area (Å²) >= 11 is 12.9. The molecule has 0 atom stereocenters. The van der Waals surface area contributed by atoms with Gasteiger partial charge < -0.3 is 0 Å². The van der Waals surface area contributed by atoms with Crippen molar-refractivity contribution in [2.45, 2.75) is 51.1 Å². The third-order valence-electron chi connectivity index (χ3n) is 2.23. The molecular formula is C8H20Cl2Si2. The van der Waals surface area contributed by atoms with Crippen LogP contribution in [0.1, 0.15) is 19.8 Å². The maximum absolute atomic E-state index is 6.45. The van der Waals surface area contributed by atoms with E-state index in [9.17, 15) is 0 Å². The van der Waals surface area contributed by atoms with Crippen molar-refractivity contribution in [3.63, 3.8) is 0 Å². The highest BCUT2D eigenvalue weighted by Gasteiger charge is 2.41. The molecule has 0 N–H and O–H groups in total. The summed E-state index contributed by atoms with van der Waals surface area (Å²) in [6.07, 6.45) is 2.42. The molecule has 0 bridgehead atoms. The second-order valence-electron chi connectivity index (χ2n) is 4.47. The minimum Gasteiger partial charge on any atom is -0.168 e. The molecule has 0 amide bonds. The maximum Gasteiger partial charge on any atom is 0.152 e. The van der Waals surface area contributed by atoms with E-state index in [1.807, 2.05) is 0 Å². The van der Waals surface area contributed by atoms with E-state index in [0.29, 0.717) is 5.16 Å². The third-order valence-corrected chi connectivity index (χ3v) is 13.1. The molecule has 0 radical (unpaired) electrons. The fraction of sp³-hybridized carbons (Fsp3) is 1.00. The summed E-state index contributed by atoms with van der Waals surface area (Å²) in [4.78, 5) is 0. The van der Waals surface area contributed by atoms with Crippen molar-refractivity contribution in [1.29, 1.82) is 0 Å². The van der Waals surface area contributed by atoms with Crippen molar-refractivity contribution in [3.8, 4) is 0 Å². The summed E-state index contributed by atoms with van der Waals surface area (Å²) < 4.78 is 0. The van der Waals surface area contributed by atoms with Crippen molar-refractivity contribution in [3.05, 3.63) is 0 Å². The first-order valence-corrected chi connectivity index (χ1v) is 12.7. The van der Waals surface area contributed by atoms with Gasteiger partial charge >= 0.3 is 0 Å². The third kappa shape index (κ3) is 4.31. The average molecular weight is 243 g/mol. The largest absolute Gasteiger partial charge is 0.168 e. The number of hydrogen-bond acceptors (Lipinski definition) is 0. The smallest absolute Gasteiger partial charge is 0.152 e. The number of hydrogen-bond donors (Lipinski definition) is 0. The zero-order valence-corrected chi connectivity index (χ0v) is 12.3. The molecule has 0 saturated heterocycles. The highest BCUT2D eigenvalue weighted by Crippen LogP contribution is 2.40. The minimum absolute atomic E-state index is 0.637. The Balaban J connectivity index is 4.45. The van der Waals surface area contributed by atoms with Crippen LogP contribution in [0.25, 0.3) is 0 Å². The lowest BCUT2D eigenvalue weighted by Crippen LogP contribution is -2.40. The summed E-state index contributed by atoms with van der Waals surface area (Å²) in [5, 5.41) is 0.637. The Hall–Kier alpha value is 1.01. The Morgan fingerprint density at radius 3 is 1.42 bits per heavy atom. The lowest BCUT2D eigenvalue weighted by Gasteiger charge is -2.33. The predicted molar refractivity (Wildman–Crippen MR) is 65.3 cm³/mol. The molecule has 0 aromatic rings. The van der Waals surface area contributed by atoms with Crippen LogP contribution in [0.15, 0.2) is 0 Å². The second-order valence-corrected chi connectivity index (χ2v) is 18.5. The zero-order chi connectivity index (χ0) is 9.99. The van der Waals surface area contributed by atoms with E-state index in [1.165, 1.54) is 12.8 Å². The summed E-state index contributed by atoms with van der Waals surface area (Å²) in [7, 11) is -3.08. The van der Waals surface area contributed by atoms with Gasteiger partial charge in [0.05, 0.1) is 0 Å². The van der Waals surface area contributed by atoms with Crippen LogP contribution in [0.4, 0.5) is 0 Å². The van der Waals surface area contributed by atoms with E-state index in [4.69, 9.17) is 22.2 Å². The van der Waals surface area contributed by atoms with E-state index in [-0.39, 0.29) is 0 Å². The lowest BCUT2D eigenvalue weighted by molar-refractivity contribution is 0.825. The molecule has 0 spiro atoms. The second kappa shape index (κ2) is 4.49. The molecule has 0 aliphatic heterocycles. The van der Waals surface area contributed by atoms with Crippen LogP contribution in [0.3, 0.4) is 0 Å². The fourth-order valence-electron chi connectivity index (χ4n) is 1.79. The van der Waals surface area contributed by atoms with Gasteiger partial charge in [0.25, 0.3) is 0 Å². The van der Waals surface area contributed by atoms with Gasteiger partial charge in [-0.25, -0.2) is 0 Å². The van der Waals surface area contributed by atoms with Crippen molar-refractivity contribution < 1.29 is 0 Å². The van der Waals surface area contributed by atoms with Gasteiger partial charge in [-0.3, -0.25) is 0 Å². The molecule has 0 fully saturated rings. The van der Waals surface area contributed by atoms with Gasteiger partial charge in [-0.15, -0.1) is 0 Å². The molecule has 0 saturated carbocycles. The number of rotatable bonds is 4. The molecule has 0 unspecified atom stereocenters. The van der Waals surface area contributed by atoms with Gasteiger partial charge in [-0.1, -0.05) is 46.0 Å². The Bertz CT molecular complexity index is 121. The molecule has 0 aromatic heterocycles. The first kappa shape index (κ1) is 13.0. The molecule has 4 heteroatoms. The van der Waals surface area contributed by atoms with Crippen LogP contribution in [0.5, 0.6) is 0 Å². The van der Waals surface area contributed by atoms with Crippen molar-refractivity contribution >= 4 is 36.9 Å². The zero-order valence-electron chi connectivity index (χ0n) is 8.75. The normalized spacial score (nSPS) is 14.0. The fourth-order valence-corrected chi connectivity index (χ4v) is 16.3. The summed E-state index contributed by atoms with van der Waals surface area (Å²) in [5.74, 6) is 0. The van der Waals surface area contributed by atoms with Crippen LogP contribution >= 0.6 is 22.2 Å². The molecule has 0 rings (SSSR count). The van der Waals surface area contributed by atoms with Crippen molar-refractivity contribution in [1.82, 2.24) is 0 Å². The van der Waals surface area contributed by atoms with Gasteiger partial charge in [-0.05, 0) is 5.16 Å². The van der Waals surface area contributed by atoms with Gasteiger partial charge in [-0.2, -0.15) is 22.2 Å². The Morgan fingerprint density at radius 2 is 1.33 bits per heavy atom. The van der Waals surface area contributed by atoms with E-state index in [1.54, 1.807) is 0 Å². The Labute approximate surface area is 88.1 Å².